The highest BCUT2D eigenvalue weighted by Gasteiger charge is 2.67. The second-order valence-corrected chi connectivity index (χ2v) is 9.83. The lowest BCUT2D eigenvalue weighted by Crippen LogP contribution is -2.18. The summed E-state index contributed by atoms with van der Waals surface area (Å²) in [6.45, 7) is 0. The topological polar surface area (TPSA) is 58.2 Å². The van der Waals surface area contributed by atoms with Crippen molar-refractivity contribution in [3.8, 4) is 0 Å². The van der Waals surface area contributed by atoms with Crippen molar-refractivity contribution in [1.29, 1.82) is 0 Å². The monoisotopic (exact) mass is 562 g/mol. The van der Waals surface area contributed by atoms with Crippen LogP contribution < -0.4 is 10.6 Å². The first-order chi connectivity index (χ1) is 16.9. The molecular weight excluding hydrogens is 550 g/mol. The quantitative estimate of drug-likeness (QED) is 0.241. The van der Waals surface area contributed by atoms with Gasteiger partial charge in [0.05, 0.1) is 27.8 Å². The molecule has 0 heterocycles. The highest BCUT2D eigenvalue weighted by Crippen LogP contribution is 2.65. The van der Waals surface area contributed by atoms with Crippen LogP contribution in [0.2, 0.25) is 5.02 Å². The number of alkyl halides is 4. The van der Waals surface area contributed by atoms with Crippen LogP contribution in [0.15, 0.2) is 54.6 Å². The molecule has 188 valence electrons. The molecule has 0 bridgehead atoms. The number of amides is 2. The second kappa shape index (κ2) is 9.88. The number of benzene rings is 3. The van der Waals surface area contributed by atoms with Crippen molar-refractivity contribution in [2.24, 2.45) is 5.92 Å². The van der Waals surface area contributed by atoms with E-state index in [1.54, 1.807) is 0 Å². The molecule has 0 aromatic heterocycles. The molecule has 3 aromatic carbocycles. The van der Waals surface area contributed by atoms with Crippen LogP contribution in [-0.4, -0.2) is 16.1 Å². The van der Waals surface area contributed by atoms with E-state index in [-0.39, 0.29) is 27.5 Å². The van der Waals surface area contributed by atoms with E-state index in [0.29, 0.717) is 6.07 Å². The molecule has 0 radical (unpaired) electrons. The number of rotatable bonds is 6. The highest BCUT2D eigenvalue weighted by atomic mass is 35.5. The van der Waals surface area contributed by atoms with Crippen LogP contribution in [0.3, 0.4) is 0 Å². The van der Waals surface area contributed by atoms with Crippen molar-refractivity contribution < 1.29 is 31.5 Å². The third kappa shape index (κ3) is 5.14. The van der Waals surface area contributed by atoms with E-state index in [9.17, 15) is 31.5 Å². The van der Waals surface area contributed by atoms with Crippen LogP contribution in [-0.2, 0) is 4.79 Å². The summed E-state index contributed by atoms with van der Waals surface area (Å²) in [7, 11) is 0. The molecule has 2 N–H and O–H groups in total. The van der Waals surface area contributed by atoms with Gasteiger partial charge in [0, 0.05) is 17.7 Å². The molecule has 1 saturated carbocycles. The summed E-state index contributed by atoms with van der Waals surface area (Å²) in [6, 6.07) is 9.48. The summed E-state index contributed by atoms with van der Waals surface area (Å²) in [5.41, 5.74) is -0.921. The van der Waals surface area contributed by atoms with Crippen LogP contribution in [0.1, 0.15) is 33.8 Å². The minimum atomic E-state index is -3.01. The van der Waals surface area contributed by atoms with Crippen molar-refractivity contribution in [1.82, 2.24) is 0 Å². The zero-order valence-electron chi connectivity index (χ0n) is 17.8. The fourth-order valence-corrected chi connectivity index (χ4v) is 4.79. The summed E-state index contributed by atoms with van der Waals surface area (Å²) in [4.78, 5) is 25.5. The molecule has 1 aliphatic rings. The normalized spacial score (nSPS) is 18.1. The third-order valence-corrected chi connectivity index (χ3v) is 6.88. The number of carbonyl (C=O) groups excluding carboxylic acids is 2. The van der Waals surface area contributed by atoms with Gasteiger partial charge in [-0.3, -0.25) is 9.59 Å². The van der Waals surface area contributed by atoms with Crippen LogP contribution in [0.25, 0.3) is 0 Å². The van der Waals surface area contributed by atoms with Gasteiger partial charge in [-0.15, -0.1) is 23.2 Å². The molecular formula is C24H14Cl3F5N2O2. The standard InChI is InChI=1S/C24H14Cl3F5N2O2/c25-15-5-3-12(9-14(15)22(35)34-18-6-2-11(28)8-17(18)30)33-23(36)20-19(24(20,26)27)10-1-4-13(21(31)32)16(29)7-10/h1-9,19-21H,(H,33,36)(H,34,35). The lowest BCUT2D eigenvalue weighted by Gasteiger charge is -2.11. The summed E-state index contributed by atoms with van der Waals surface area (Å²) >= 11 is 18.5. The number of anilines is 2. The summed E-state index contributed by atoms with van der Waals surface area (Å²) in [5.74, 6) is -6.41. The van der Waals surface area contributed by atoms with Gasteiger partial charge in [-0.05, 0) is 42.0 Å². The molecule has 4 rings (SSSR count). The number of hydrogen-bond donors (Lipinski definition) is 2. The van der Waals surface area contributed by atoms with E-state index in [1.807, 2.05) is 0 Å². The van der Waals surface area contributed by atoms with Gasteiger partial charge >= 0.3 is 0 Å². The zero-order chi connectivity index (χ0) is 26.4. The van der Waals surface area contributed by atoms with E-state index >= 15 is 0 Å². The van der Waals surface area contributed by atoms with Crippen LogP contribution in [0, 0.1) is 23.4 Å². The largest absolute Gasteiger partial charge is 0.326 e. The molecule has 1 aliphatic carbocycles. The Labute approximate surface area is 216 Å². The van der Waals surface area contributed by atoms with Gasteiger partial charge in [-0.1, -0.05) is 23.7 Å². The van der Waals surface area contributed by atoms with Gasteiger partial charge in [0.15, 0.2) is 0 Å². The summed E-state index contributed by atoms with van der Waals surface area (Å²) < 4.78 is 65.0. The first kappa shape index (κ1) is 26.2. The third-order valence-electron chi connectivity index (χ3n) is 5.61. The van der Waals surface area contributed by atoms with Crippen LogP contribution in [0.5, 0.6) is 0 Å². The predicted octanol–water partition coefficient (Wildman–Crippen LogP) is 7.47. The Morgan fingerprint density at radius 2 is 1.61 bits per heavy atom. The van der Waals surface area contributed by atoms with E-state index in [4.69, 9.17) is 34.8 Å². The summed E-state index contributed by atoms with van der Waals surface area (Å²) in [6.07, 6.45) is -3.01. The van der Waals surface area contributed by atoms with E-state index in [1.165, 1.54) is 24.3 Å². The van der Waals surface area contributed by atoms with Gasteiger partial charge in [0.2, 0.25) is 5.91 Å². The minimum absolute atomic E-state index is 0.0176. The summed E-state index contributed by atoms with van der Waals surface area (Å²) in [5, 5.41) is 4.77. The fraction of sp³-hybridized carbons (Fsp3) is 0.167. The Balaban J connectivity index is 1.50. The molecule has 36 heavy (non-hydrogen) atoms. The van der Waals surface area contributed by atoms with Crippen molar-refractivity contribution in [2.45, 2.75) is 16.7 Å². The van der Waals surface area contributed by atoms with Gasteiger partial charge in [-0.2, -0.15) is 0 Å². The van der Waals surface area contributed by atoms with Crippen LogP contribution in [0.4, 0.5) is 33.3 Å². The van der Waals surface area contributed by atoms with Crippen molar-refractivity contribution in [2.75, 3.05) is 10.6 Å². The molecule has 12 heteroatoms. The number of carbonyl (C=O) groups is 2. The Hall–Kier alpha value is -2.88. The maximum Gasteiger partial charge on any atom is 0.266 e. The maximum atomic E-state index is 14.0. The van der Waals surface area contributed by atoms with Crippen molar-refractivity contribution in [3.63, 3.8) is 0 Å². The molecule has 1 fully saturated rings. The molecule has 2 atom stereocenters. The van der Waals surface area contributed by atoms with Crippen molar-refractivity contribution >= 4 is 58.0 Å². The Kier molecular flexibility index (Phi) is 7.19. The highest BCUT2D eigenvalue weighted by molar-refractivity contribution is 6.53. The first-order valence-electron chi connectivity index (χ1n) is 10.2. The SMILES string of the molecule is O=C(Nc1ccc(F)cc1F)c1cc(NC(=O)C2C(c3ccc(C(F)F)c(F)c3)C2(Cl)Cl)ccc1Cl. The van der Waals surface area contributed by atoms with Crippen molar-refractivity contribution in [3.05, 3.63) is 93.8 Å². The number of hydrogen-bond acceptors (Lipinski definition) is 2. The predicted molar refractivity (Wildman–Crippen MR) is 126 cm³/mol. The molecule has 2 amide bonds. The molecule has 0 aliphatic heterocycles. The Bertz CT molecular complexity index is 1370. The van der Waals surface area contributed by atoms with Gasteiger partial charge < -0.3 is 10.6 Å². The van der Waals surface area contributed by atoms with Crippen LogP contribution >= 0.6 is 34.8 Å². The fourth-order valence-electron chi connectivity index (χ4n) is 3.76. The Morgan fingerprint density at radius 3 is 2.25 bits per heavy atom. The second-order valence-electron chi connectivity index (χ2n) is 7.97. The molecule has 4 nitrogen and oxygen atoms in total. The lowest BCUT2D eigenvalue weighted by molar-refractivity contribution is -0.117. The molecule has 3 aromatic rings. The molecule has 0 saturated heterocycles. The maximum absolute atomic E-state index is 14.0. The number of nitrogens with one attached hydrogen (secondary N) is 2. The number of halogens is 8. The van der Waals surface area contributed by atoms with Gasteiger partial charge in [0.25, 0.3) is 12.3 Å². The average Bonchev–Trinajstić information content (AvgIpc) is 3.38. The molecule has 0 spiro atoms. The lowest BCUT2D eigenvalue weighted by atomic mass is 10.1. The van der Waals surface area contributed by atoms with Gasteiger partial charge in [-0.25, -0.2) is 22.0 Å². The smallest absolute Gasteiger partial charge is 0.266 e. The minimum Gasteiger partial charge on any atom is -0.326 e. The zero-order valence-corrected chi connectivity index (χ0v) is 20.0. The average molecular weight is 564 g/mol. The van der Waals surface area contributed by atoms with E-state index in [0.717, 1.165) is 24.3 Å². The van der Waals surface area contributed by atoms with Gasteiger partial charge in [0.1, 0.15) is 21.8 Å². The van der Waals surface area contributed by atoms with E-state index < -0.39 is 57.4 Å². The Morgan fingerprint density at radius 1 is 0.889 bits per heavy atom. The van der Waals surface area contributed by atoms with E-state index in [2.05, 4.69) is 10.6 Å². The molecule has 2 unspecified atom stereocenters. The first-order valence-corrected chi connectivity index (χ1v) is 11.4.